The summed E-state index contributed by atoms with van der Waals surface area (Å²) < 4.78 is 0. The molecule has 0 spiro atoms. The van der Waals surface area contributed by atoms with Crippen molar-refractivity contribution in [3.63, 3.8) is 0 Å². The highest BCUT2D eigenvalue weighted by Crippen LogP contribution is 2.24. The van der Waals surface area contributed by atoms with Crippen molar-refractivity contribution in [2.75, 3.05) is 24.6 Å². The maximum Gasteiger partial charge on any atom is 0.227 e. The monoisotopic (exact) mass is 290 g/mol. The molecule has 4 nitrogen and oxygen atoms in total. The van der Waals surface area contributed by atoms with Crippen LogP contribution in [0.2, 0.25) is 0 Å². The summed E-state index contributed by atoms with van der Waals surface area (Å²) in [6.45, 7) is 4.22. The van der Waals surface area contributed by atoms with E-state index in [1.54, 1.807) is 0 Å². The zero-order chi connectivity index (χ0) is 15.1. The van der Waals surface area contributed by atoms with Crippen LogP contribution >= 0.6 is 0 Å². The molecule has 116 valence electrons. The molecule has 1 unspecified atom stereocenters. The molecule has 0 aromatic heterocycles. The minimum absolute atomic E-state index is 0.233. The second kappa shape index (κ2) is 8.15. The number of benzene rings is 1. The molecule has 0 radical (unpaired) electrons. The van der Waals surface area contributed by atoms with E-state index in [-0.39, 0.29) is 18.6 Å². The van der Waals surface area contributed by atoms with E-state index >= 15 is 0 Å². The van der Waals surface area contributed by atoms with Crippen LogP contribution in [0.5, 0.6) is 0 Å². The molecular formula is C17H26N2O2. The Morgan fingerprint density at radius 1 is 1.33 bits per heavy atom. The van der Waals surface area contributed by atoms with Crippen molar-refractivity contribution in [2.24, 2.45) is 0 Å². The molecule has 1 aromatic carbocycles. The van der Waals surface area contributed by atoms with Crippen molar-refractivity contribution in [1.82, 2.24) is 5.32 Å². The highest BCUT2D eigenvalue weighted by Gasteiger charge is 2.21. The number of hydrogen-bond acceptors (Lipinski definition) is 3. The fourth-order valence-electron chi connectivity index (χ4n) is 2.73. The zero-order valence-electron chi connectivity index (χ0n) is 12.8. The third kappa shape index (κ3) is 4.55. The van der Waals surface area contributed by atoms with E-state index in [2.05, 4.69) is 24.4 Å². The molecular weight excluding hydrogens is 264 g/mol. The number of aliphatic hydroxyl groups is 1. The SMILES string of the molecule is CC(NCCCCCO)c1cccc(N2CCCC2=O)c1. The van der Waals surface area contributed by atoms with Crippen LogP contribution in [0.25, 0.3) is 0 Å². The average molecular weight is 290 g/mol. The van der Waals surface area contributed by atoms with Crippen molar-refractivity contribution in [1.29, 1.82) is 0 Å². The predicted octanol–water partition coefficient (Wildman–Crippen LogP) is 2.63. The quantitative estimate of drug-likeness (QED) is 0.724. The molecule has 1 aliphatic heterocycles. The molecule has 1 atom stereocenters. The van der Waals surface area contributed by atoms with Crippen molar-refractivity contribution < 1.29 is 9.90 Å². The van der Waals surface area contributed by atoms with Gasteiger partial charge in [0, 0.05) is 31.3 Å². The van der Waals surface area contributed by atoms with E-state index in [1.807, 2.05) is 17.0 Å². The number of amides is 1. The Morgan fingerprint density at radius 3 is 2.90 bits per heavy atom. The predicted molar refractivity (Wildman–Crippen MR) is 85.4 cm³/mol. The number of carbonyl (C=O) groups excluding carboxylic acids is 1. The van der Waals surface area contributed by atoms with Gasteiger partial charge in [-0.05, 0) is 56.8 Å². The molecule has 4 heteroatoms. The second-order valence-corrected chi connectivity index (χ2v) is 5.70. The van der Waals surface area contributed by atoms with Crippen LogP contribution in [-0.2, 0) is 4.79 Å². The van der Waals surface area contributed by atoms with Gasteiger partial charge in [0.2, 0.25) is 5.91 Å². The van der Waals surface area contributed by atoms with Crippen LogP contribution < -0.4 is 10.2 Å². The summed E-state index contributed by atoms with van der Waals surface area (Å²) in [5.41, 5.74) is 2.23. The zero-order valence-corrected chi connectivity index (χ0v) is 12.8. The third-order valence-electron chi connectivity index (χ3n) is 4.04. The van der Waals surface area contributed by atoms with Crippen molar-refractivity contribution >= 4 is 11.6 Å². The average Bonchev–Trinajstić information content (AvgIpc) is 2.93. The van der Waals surface area contributed by atoms with Gasteiger partial charge in [0.05, 0.1) is 0 Å². The van der Waals surface area contributed by atoms with Gasteiger partial charge in [0.15, 0.2) is 0 Å². The summed E-state index contributed by atoms with van der Waals surface area (Å²) >= 11 is 0. The maximum absolute atomic E-state index is 11.8. The number of carbonyl (C=O) groups is 1. The molecule has 1 heterocycles. The summed E-state index contributed by atoms with van der Waals surface area (Å²) in [5.74, 6) is 0.233. The van der Waals surface area contributed by atoms with E-state index in [4.69, 9.17) is 5.11 Å². The topological polar surface area (TPSA) is 52.6 Å². The van der Waals surface area contributed by atoms with Crippen LogP contribution in [-0.4, -0.2) is 30.7 Å². The number of nitrogens with zero attached hydrogens (tertiary/aromatic N) is 1. The van der Waals surface area contributed by atoms with Gasteiger partial charge < -0.3 is 15.3 Å². The molecule has 1 saturated heterocycles. The first kappa shape index (κ1) is 16.0. The number of nitrogens with one attached hydrogen (secondary N) is 1. The molecule has 1 amide bonds. The standard InChI is InChI=1S/C17H26N2O2/c1-14(18-10-3-2-4-12-20)15-7-5-8-16(13-15)19-11-6-9-17(19)21/h5,7-8,13-14,18,20H,2-4,6,9-12H2,1H3. The van der Waals surface area contributed by atoms with Gasteiger partial charge in [-0.1, -0.05) is 12.1 Å². The molecule has 21 heavy (non-hydrogen) atoms. The molecule has 1 aliphatic rings. The summed E-state index contributed by atoms with van der Waals surface area (Å²) in [5, 5.41) is 12.3. The Hall–Kier alpha value is -1.39. The lowest BCUT2D eigenvalue weighted by Gasteiger charge is -2.19. The normalized spacial score (nSPS) is 16.5. The minimum Gasteiger partial charge on any atom is -0.396 e. The fraction of sp³-hybridized carbons (Fsp3) is 0.588. The molecule has 0 bridgehead atoms. The molecule has 2 N–H and O–H groups in total. The van der Waals surface area contributed by atoms with E-state index in [0.717, 1.165) is 44.5 Å². The van der Waals surface area contributed by atoms with Gasteiger partial charge in [-0.15, -0.1) is 0 Å². The largest absolute Gasteiger partial charge is 0.396 e. The first-order valence-corrected chi connectivity index (χ1v) is 7.97. The molecule has 0 aliphatic carbocycles. The van der Waals surface area contributed by atoms with Crippen molar-refractivity contribution in [2.45, 2.75) is 45.1 Å². The molecule has 2 rings (SSSR count). The van der Waals surface area contributed by atoms with Crippen LogP contribution in [0.1, 0.15) is 50.6 Å². The van der Waals surface area contributed by atoms with E-state index < -0.39 is 0 Å². The lowest BCUT2D eigenvalue weighted by atomic mass is 10.1. The molecule has 1 aromatic rings. The van der Waals surface area contributed by atoms with Gasteiger partial charge in [-0.2, -0.15) is 0 Å². The van der Waals surface area contributed by atoms with Gasteiger partial charge in [0.25, 0.3) is 0 Å². The summed E-state index contributed by atoms with van der Waals surface area (Å²) in [7, 11) is 0. The van der Waals surface area contributed by atoms with Gasteiger partial charge in [0.1, 0.15) is 0 Å². The smallest absolute Gasteiger partial charge is 0.227 e. The van der Waals surface area contributed by atoms with Gasteiger partial charge in [-0.3, -0.25) is 4.79 Å². The lowest BCUT2D eigenvalue weighted by Crippen LogP contribution is -2.24. The molecule has 1 fully saturated rings. The lowest BCUT2D eigenvalue weighted by molar-refractivity contribution is -0.117. The Labute approximate surface area is 127 Å². The number of rotatable bonds is 8. The fourth-order valence-corrected chi connectivity index (χ4v) is 2.73. The number of aliphatic hydroxyl groups excluding tert-OH is 1. The van der Waals surface area contributed by atoms with Crippen LogP contribution in [0, 0.1) is 0 Å². The number of unbranched alkanes of at least 4 members (excludes halogenated alkanes) is 2. The summed E-state index contributed by atoms with van der Waals surface area (Å²) in [6.07, 6.45) is 4.64. The van der Waals surface area contributed by atoms with Crippen LogP contribution in [0.15, 0.2) is 24.3 Å². The number of hydrogen-bond donors (Lipinski definition) is 2. The first-order chi connectivity index (χ1) is 10.2. The number of anilines is 1. The van der Waals surface area contributed by atoms with E-state index in [9.17, 15) is 4.79 Å². The molecule has 0 saturated carbocycles. The third-order valence-corrected chi connectivity index (χ3v) is 4.04. The van der Waals surface area contributed by atoms with Gasteiger partial charge in [-0.25, -0.2) is 0 Å². The van der Waals surface area contributed by atoms with E-state index in [0.29, 0.717) is 6.42 Å². The minimum atomic E-state index is 0.233. The Kier molecular flexibility index (Phi) is 6.21. The van der Waals surface area contributed by atoms with Gasteiger partial charge >= 0.3 is 0 Å². The Morgan fingerprint density at radius 2 is 2.19 bits per heavy atom. The summed E-state index contributed by atoms with van der Waals surface area (Å²) in [6, 6.07) is 8.54. The van der Waals surface area contributed by atoms with Crippen molar-refractivity contribution in [3.8, 4) is 0 Å². The summed E-state index contributed by atoms with van der Waals surface area (Å²) in [4.78, 5) is 13.7. The Balaban J connectivity index is 1.89. The van der Waals surface area contributed by atoms with Crippen molar-refractivity contribution in [3.05, 3.63) is 29.8 Å². The van der Waals surface area contributed by atoms with E-state index in [1.165, 1.54) is 5.56 Å². The maximum atomic E-state index is 11.8. The highest BCUT2D eigenvalue weighted by molar-refractivity contribution is 5.95. The highest BCUT2D eigenvalue weighted by atomic mass is 16.2. The van der Waals surface area contributed by atoms with Crippen LogP contribution in [0.4, 0.5) is 5.69 Å². The van der Waals surface area contributed by atoms with Crippen LogP contribution in [0.3, 0.4) is 0 Å². The Bertz CT molecular complexity index is 462. The first-order valence-electron chi connectivity index (χ1n) is 7.97. The second-order valence-electron chi connectivity index (χ2n) is 5.70.